The average molecular weight is 254 g/mol. The predicted molar refractivity (Wildman–Crippen MR) is 60.6 cm³/mol. The van der Waals surface area contributed by atoms with Gasteiger partial charge in [0.1, 0.15) is 10.8 Å². The van der Waals surface area contributed by atoms with Crippen LogP contribution in [-0.4, -0.2) is 32.2 Å². The molecular weight excluding hydrogens is 246 g/mol. The number of methoxy groups -OCH3 is 1. The first-order valence-corrected chi connectivity index (χ1v) is 4.92. The van der Waals surface area contributed by atoms with Crippen molar-refractivity contribution in [1.82, 2.24) is 19.9 Å². The molecule has 0 aliphatic rings. The van der Waals surface area contributed by atoms with Crippen LogP contribution in [0.25, 0.3) is 0 Å². The highest BCUT2D eigenvalue weighted by atomic mass is 35.5. The summed E-state index contributed by atoms with van der Waals surface area (Å²) >= 11 is 5.58. The second-order valence-corrected chi connectivity index (χ2v) is 3.33. The molecule has 0 aliphatic carbocycles. The van der Waals surface area contributed by atoms with Gasteiger partial charge in [-0.25, -0.2) is 9.97 Å². The minimum Gasteiger partial charge on any atom is -0.492 e. The van der Waals surface area contributed by atoms with E-state index >= 15 is 0 Å². The Morgan fingerprint density at radius 2 is 2.18 bits per heavy atom. The van der Waals surface area contributed by atoms with E-state index in [0.717, 1.165) is 0 Å². The molecule has 0 radical (unpaired) electrons. The van der Waals surface area contributed by atoms with Gasteiger partial charge in [-0.05, 0) is 6.07 Å². The smallest absolute Gasteiger partial charge is 0.318 e. The molecule has 0 atom stereocenters. The van der Waals surface area contributed by atoms with Crippen LogP contribution >= 0.6 is 11.6 Å². The van der Waals surface area contributed by atoms with Crippen molar-refractivity contribution >= 4 is 23.4 Å². The molecular formula is C9H8ClN5O2. The summed E-state index contributed by atoms with van der Waals surface area (Å²) in [6.45, 7) is 0. The van der Waals surface area contributed by atoms with E-state index in [-0.39, 0.29) is 22.9 Å². The molecule has 0 aliphatic heterocycles. The fourth-order valence-electron chi connectivity index (χ4n) is 1.04. The maximum absolute atomic E-state index is 9.30. The highest BCUT2D eigenvalue weighted by molar-refractivity contribution is 6.31. The van der Waals surface area contributed by atoms with Crippen molar-refractivity contribution in [3.8, 4) is 11.9 Å². The van der Waals surface area contributed by atoms with Crippen molar-refractivity contribution in [1.29, 1.82) is 0 Å². The molecule has 2 N–H and O–H groups in total. The second kappa shape index (κ2) is 4.79. The molecule has 0 saturated carbocycles. The Morgan fingerprint density at radius 1 is 1.35 bits per heavy atom. The molecule has 2 heterocycles. The molecule has 2 rings (SSSR count). The molecule has 17 heavy (non-hydrogen) atoms. The van der Waals surface area contributed by atoms with E-state index in [0.29, 0.717) is 5.82 Å². The maximum Gasteiger partial charge on any atom is 0.318 e. The molecule has 2 aromatic heterocycles. The van der Waals surface area contributed by atoms with E-state index in [1.54, 1.807) is 6.07 Å². The first kappa shape index (κ1) is 11.3. The number of aromatic hydroxyl groups is 1. The lowest BCUT2D eigenvalue weighted by Crippen LogP contribution is -2.00. The topological polar surface area (TPSA) is 93.0 Å². The molecule has 0 unspecified atom stereocenters. The predicted octanol–water partition coefficient (Wildman–Crippen LogP) is 1.38. The van der Waals surface area contributed by atoms with Gasteiger partial charge >= 0.3 is 6.01 Å². The number of halogens is 1. The van der Waals surface area contributed by atoms with E-state index in [1.807, 2.05) is 0 Å². The standard InChI is InChI=1S/C9H8ClN5O2/c1-17-9-11-3-2-6(14-9)13-8-12-4-5(10)7(16)15-8/h2-4H,1H3,(H2,11,12,13,14,15,16). The van der Waals surface area contributed by atoms with Crippen molar-refractivity contribution in [2.24, 2.45) is 0 Å². The highest BCUT2D eigenvalue weighted by Crippen LogP contribution is 2.21. The van der Waals surface area contributed by atoms with E-state index < -0.39 is 0 Å². The zero-order valence-corrected chi connectivity index (χ0v) is 9.51. The molecule has 0 bridgehead atoms. The van der Waals surface area contributed by atoms with Crippen LogP contribution in [0, 0.1) is 0 Å². The molecule has 2 aromatic rings. The summed E-state index contributed by atoms with van der Waals surface area (Å²) in [7, 11) is 1.46. The van der Waals surface area contributed by atoms with Crippen LogP contribution in [-0.2, 0) is 0 Å². The van der Waals surface area contributed by atoms with Crippen molar-refractivity contribution < 1.29 is 9.84 Å². The Bertz CT molecular complexity index is 537. The van der Waals surface area contributed by atoms with Crippen LogP contribution < -0.4 is 10.1 Å². The summed E-state index contributed by atoms with van der Waals surface area (Å²) in [5.41, 5.74) is 0. The van der Waals surface area contributed by atoms with Gasteiger partial charge in [-0.2, -0.15) is 9.97 Å². The molecule has 0 amide bonds. The minimum absolute atomic E-state index is 0.0795. The van der Waals surface area contributed by atoms with Crippen molar-refractivity contribution in [2.45, 2.75) is 0 Å². The van der Waals surface area contributed by atoms with Crippen LogP contribution in [0.15, 0.2) is 18.5 Å². The summed E-state index contributed by atoms with van der Waals surface area (Å²) in [5.74, 6) is 0.316. The largest absolute Gasteiger partial charge is 0.492 e. The minimum atomic E-state index is -0.301. The van der Waals surface area contributed by atoms with Crippen molar-refractivity contribution in [2.75, 3.05) is 12.4 Å². The number of hydrogen-bond acceptors (Lipinski definition) is 7. The first-order valence-electron chi connectivity index (χ1n) is 4.54. The highest BCUT2D eigenvalue weighted by Gasteiger charge is 2.05. The number of rotatable bonds is 3. The monoisotopic (exact) mass is 253 g/mol. The Kier molecular flexibility index (Phi) is 3.20. The van der Waals surface area contributed by atoms with E-state index in [2.05, 4.69) is 25.3 Å². The third-order valence-electron chi connectivity index (χ3n) is 1.78. The lowest BCUT2D eigenvalue weighted by atomic mass is 10.5. The van der Waals surface area contributed by atoms with Gasteiger partial charge in [-0.15, -0.1) is 0 Å². The number of anilines is 2. The Morgan fingerprint density at radius 3 is 2.88 bits per heavy atom. The molecule has 0 fully saturated rings. The molecule has 0 aromatic carbocycles. The maximum atomic E-state index is 9.30. The van der Waals surface area contributed by atoms with Gasteiger partial charge in [-0.1, -0.05) is 11.6 Å². The summed E-state index contributed by atoms with van der Waals surface area (Å²) < 4.78 is 4.86. The van der Waals surface area contributed by atoms with Crippen LogP contribution in [0.2, 0.25) is 5.02 Å². The van der Waals surface area contributed by atoms with Gasteiger partial charge in [-0.3, -0.25) is 0 Å². The normalized spacial score (nSPS) is 10.0. The Hall–Kier alpha value is -2.15. The van der Waals surface area contributed by atoms with E-state index in [9.17, 15) is 5.11 Å². The number of aromatic nitrogens is 4. The fraction of sp³-hybridized carbons (Fsp3) is 0.111. The summed E-state index contributed by atoms with van der Waals surface area (Å²) in [4.78, 5) is 15.4. The molecule has 7 nitrogen and oxygen atoms in total. The van der Waals surface area contributed by atoms with Crippen LogP contribution in [0.1, 0.15) is 0 Å². The van der Waals surface area contributed by atoms with Crippen molar-refractivity contribution in [3.63, 3.8) is 0 Å². The average Bonchev–Trinajstić information content (AvgIpc) is 2.34. The van der Waals surface area contributed by atoms with Crippen LogP contribution in [0.3, 0.4) is 0 Å². The quantitative estimate of drug-likeness (QED) is 0.853. The number of ether oxygens (including phenoxy) is 1. The van der Waals surface area contributed by atoms with Crippen LogP contribution in [0.4, 0.5) is 11.8 Å². The fourth-order valence-corrected chi connectivity index (χ4v) is 1.13. The third-order valence-corrected chi connectivity index (χ3v) is 2.05. The number of nitrogens with zero attached hydrogens (tertiary/aromatic N) is 4. The van der Waals surface area contributed by atoms with Gasteiger partial charge in [0.2, 0.25) is 11.8 Å². The zero-order valence-electron chi connectivity index (χ0n) is 8.75. The summed E-state index contributed by atoms with van der Waals surface area (Å²) in [6.07, 6.45) is 2.80. The van der Waals surface area contributed by atoms with Gasteiger partial charge in [0.15, 0.2) is 0 Å². The Balaban J connectivity index is 2.22. The summed E-state index contributed by atoms with van der Waals surface area (Å²) in [5, 5.41) is 12.2. The lowest BCUT2D eigenvalue weighted by Gasteiger charge is -2.05. The number of hydrogen-bond donors (Lipinski definition) is 2. The first-order chi connectivity index (χ1) is 8.19. The number of nitrogens with one attached hydrogen (secondary N) is 1. The summed E-state index contributed by atoms with van der Waals surface area (Å²) in [6, 6.07) is 1.82. The van der Waals surface area contributed by atoms with Gasteiger partial charge < -0.3 is 15.2 Å². The van der Waals surface area contributed by atoms with E-state index in [1.165, 1.54) is 19.5 Å². The van der Waals surface area contributed by atoms with Gasteiger partial charge in [0, 0.05) is 6.20 Å². The third kappa shape index (κ3) is 2.70. The second-order valence-electron chi connectivity index (χ2n) is 2.92. The van der Waals surface area contributed by atoms with Crippen molar-refractivity contribution in [3.05, 3.63) is 23.5 Å². The molecule has 88 valence electrons. The molecule has 0 saturated heterocycles. The van der Waals surface area contributed by atoms with Crippen LogP contribution in [0.5, 0.6) is 11.9 Å². The molecule has 0 spiro atoms. The zero-order chi connectivity index (χ0) is 12.3. The molecule has 8 heteroatoms. The SMILES string of the molecule is COc1nccc(Nc2ncc(Cl)c(O)n2)n1. The van der Waals surface area contributed by atoms with E-state index in [4.69, 9.17) is 16.3 Å². The Labute approximate surface area is 101 Å². The van der Waals surface area contributed by atoms with Gasteiger partial charge in [0.25, 0.3) is 0 Å². The lowest BCUT2D eigenvalue weighted by molar-refractivity contribution is 0.380. The van der Waals surface area contributed by atoms with Gasteiger partial charge in [0.05, 0.1) is 13.3 Å².